The van der Waals surface area contributed by atoms with Gasteiger partial charge in [0.05, 0.1) is 24.3 Å². The lowest BCUT2D eigenvalue weighted by molar-refractivity contribution is -0.116. The van der Waals surface area contributed by atoms with Crippen LogP contribution in [0.1, 0.15) is 38.2 Å². The molecule has 1 N–H and O–H groups in total. The van der Waals surface area contributed by atoms with Gasteiger partial charge in [-0.05, 0) is 62.1 Å². The second-order valence-corrected chi connectivity index (χ2v) is 9.35. The SMILES string of the molecule is CCOc1ccccc1NC(=O)CCc1cc(S(=O)(=O)N2CCCCC2)ccc1OC. The van der Waals surface area contributed by atoms with Gasteiger partial charge in [-0.3, -0.25) is 4.79 Å². The van der Waals surface area contributed by atoms with E-state index in [2.05, 4.69) is 5.32 Å². The minimum Gasteiger partial charge on any atom is -0.496 e. The van der Waals surface area contributed by atoms with Gasteiger partial charge in [-0.2, -0.15) is 4.31 Å². The summed E-state index contributed by atoms with van der Waals surface area (Å²) < 4.78 is 38.5. The quantitative estimate of drug-likeness (QED) is 0.633. The van der Waals surface area contributed by atoms with Crippen molar-refractivity contribution in [3.05, 3.63) is 48.0 Å². The summed E-state index contributed by atoms with van der Waals surface area (Å²) in [5, 5.41) is 2.87. The van der Waals surface area contributed by atoms with E-state index in [0.29, 0.717) is 48.9 Å². The standard InChI is InChI=1S/C23H30N2O5S/c1-3-30-22-10-6-5-9-20(22)24-23(26)14-11-18-17-19(12-13-21(18)29-2)31(27,28)25-15-7-4-8-16-25/h5-6,9-10,12-13,17H,3-4,7-8,11,14-16H2,1-2H3,(H,24,26). The molecule has 1 aliphatic rings. The summed E-state index contributed by atoms with van der Waals surface area (Å²) in [5.41, 5.74) is 1.30. The van der Waals surface area contributed by atoms with Crippen LogP contribution in [0.5, 0.6) is 11.5 Å². The number of rotatable bonds is 9. The largest absolute Gasteiger partial charge is 0.496 e. The molecule has 1 saturated heterocycles. The van der Waals surface area contributed by atoms with E-state index in [4.69, 9.17) is 9.47 Å². The molecule has 1 aliphatic heterocycles. The Morgan fingerprint density at radius 1 is 1.06 bits per heavy atom. The molecule has 1 heterocycles. The number of methoxy groups -OCH3 is 1. The summed E-state index contributed by atoms with van der Waals surface area (Å²) in [6.45, 7) is 3.48. The molecule has 2 aromatic rings. The Labute approximate surface area is 184 Å². The molecule has 0 saturated carbocycles. The summed E-state index contributed by atoms with van der Waals surface area (Å²) in [4.78, 5) is 12.8. The van der Waals surface area contributed by atoms with Gasteiger partial charge in [-0.15, -0.1) is 0 Å². The lowest BCUT2D eigenvalue weighted by atomic mass is 10.1. The Hall–Kier alpha value is -2.58. The number of nitrogens with one attached hydrogen (secondary N) is 1. The minimum atomic E-state index is -3.55. The number of piperidine rings is 1. The monoisotopic (exact) mass is 446 g/mol. The number of sulfonamides is 1. The predicted molar refractivity (Wildman–Crippen MR) is 120 cm³/mol. The van der Waals surface area contributed by atoms with Gasteiger partial charge in [-0.25, -0.2) is 8.42 Å². The molecule has 7 nitrogen and oxygen atoms in total. The normalized spacial score (nSPS) is 14.8. The molecule has 1 amide bonds. The summed E-state index contributed by atoms with van der Waals surface area (Å²) in [6, 6.07) is 12.1. The average molecular weight is 447 g/mol. The number of benzene rings is 2. The van der Waals surface area contributed by atoms with Gasteiger partial charge < -0.3 is 14.8 Å². The van der Waals surface area contributed by atoms with Crippen molar-refractivity contribution in [3.8, 4) is 11.5 Å². The first kappa shape index (κ1) is 23.1. The Morgan fingerprint density at radius 3 is 2.52 bits per heavy atom. The van der Waals surface area contributed by atoms with Crippen molar-refractivity contribution < 1.29 is 22.7 Å². The van der Waals surface area contributed by atoms with Crippen molar-refractivity contribution in [1.29, 1.82) is 0 Å². The van der Waals surface area contributed by atoms with Crippen molar-refractivity contribution in [2.45, 2.75) is 43.9 Å². The number of anilines is 1. The topological polar surface area (TPSA) is 84.9 Å². The fraction of sp³-hybridized carbons (Fsp3) is 0.435. The van der Waals surface area contributed by atoms with Gasteiger partial charge in [0.2, 0.25) is 15.9 Å². The Balaban J connectivity index is 1.72. The van der Waals surface area contributed by atoms with E-state index in [-0.39, 0.29) is 17.2 Å². The number of hydrogen-bond donors (Lipinski definition) is 1. The highest BCUT2D eigenvalue weighted by Crippen LogP contribution is 2.28. The number of amides is 1. The van der Waals surface area contributed by atoms with Crippen molar-refractivity contribution >= 4 is 21.6 Å². The van der Waals surface area contributed by atoms with Crippen LogP contribution in [-0.2, 0) is 21.2 Å². The van der Waals surface area contributed by atoms with E-state index >= 15 is 0 Å². The van der Waals surface area contributed by atoms with E-state index in [1.807, 2.05) is 19.1 Å². The van der Waals surface area contributed by atoms with E-state index < -0.39 is 10.0 Å². The number of carbonyl (C=O) groups is 1. The molecule has 3 rings (SSSR count). The smallest absolute Gasteiger partial charge is 0.243 e. The third-order valence-corrected chi connectivity index (χ3v) is 7.18. The molecule has 0 bridgehead atoms. The summed E-state index contributed by atoms with van der Waals surface area (Å²) in [7, 11) is -2.01. The van der Waals surface area contributed by atoms with Crippen LogP contribution in [0.15, 0.2) is 47.4 Å². The Morgan fingerprint density at radius 2 is 1.81 bits per heavy atom. The van der Waals surface area contributed by atoms with Crippen molar-refractivity contribution in [2.75, 3.05) is 32.1 Å². The van der Waals surface area contributed by atoms with Crippen LogP contribution in [0, 0.1) is 0 Å². The van der Waals surface area contributed by atoms with Crippen molar-refractivity contribution in [3.63, 3.8) is 0 Å². The molecule has 0 spiro atoms. The highest BCUT2D eigenvalue weighted by molar-refractivity contribution is 7.89. The molecule has 31 heavy (non-hydrogen) atoms. The van der Waals surface area contributed by atoms with E-state index in [0.717, 1.165) is 19.3 Å². The molecule has 8 heteroatoms. The fourth-order valence-electron chi connectivity index (χ4n) is 3.68. The van der Waals surface area contributed by atoms with Gasteiger partial charge in [0.1, 0.15) is 11.5 Å². The maximum atomic E-state index is 13.0. The number of carbonyl (C=O) groups excluding carboxylic acids is 1. The van der Waals surface area contributed by atoms with Crippen LogP contribution in [0.2, 0.25) is 0 Å². The molecule has 168 valence electrons. The number of para-hydroxylation sites is 2. The third-order valence-electron chi connectivity index (χ3n) is 5.29. The molecule has 0 aliphatic carbocycles. The van der Waals surface area contributed by atoms with Crippen molar-refractivity contribution in [1.82, 2.24) is 4.31 Å². The maximum absolute atomic E-state index is 13.0. The zero-order valence-corrected chi connectivity index (χ0v) is 18.9. The molecule has 0 radical (unpaired) electrons. The number of hydrogen-bond acceptors (Lipinski definition) is 5. The maximum Gasteiger partial charge on any atom is 0.243 e. The Bertz CT molecular complexity index is 1000. The molecule has 0 atom stereocenters. The van der Waals surface area contributed by atoms with Crippen LogP contribution in [0.25, 0.3) is 0 Å². The van der Waals surface area contributed by atoms with Crippen LogP contribution >= 0.6 is 0 Å². The first-order valence-electron chi connectivity index (χ1n) is 10.6. The molecule has 0 unspecified atom stereocenters. The van der Waals surface area contributed by atoms with E-state index in [1.54, 1.807) is 34.6 Å². The lowest BCUT2D eigenvalue weighted by Gasteiger charge is -2.26. The van der Waals surface area contributed by atoms with Crippen LogP contribution in [-0.4, -0.2) is 45.4 Å². The first-order chi connectivity index (χ1) is 15.0. The minimum absolute atomic E-state index is 0.182. The summed E-state index contributed by atoms with van der Waals surface area (Å²) in [5.74, 6) is 1.00. The van der Waals surface area contributed by atoms with Gasteiger partial charge in [0, 0.05) is 19.5 Å². The third kappa shape index (κ3) is 5.77. The molecular weight excluding hydrogens is 416 g/mol. The van der Waals surface area contributed by atoms with Gasteiger partial charge in [-0.1, -0.05) is 18.6 Å². The molecular formula is C23H30N2O5S. The van der Waals surface area contributed by atoms with Gasteiger partial charge >= 0.3 is 0 Å². The van der Waals surface area contributed by atoms with Gasteiger partial charge in [0.15, 0.2) is 0 Å². The summed E-state index contributed by atoms with van der Waals surface area (Å²) in [6.07, 6.45) is 3.36. The predicted octanol–water partition coefficient (Wildman–Crippen LogP) is 3.84. The highest BCUT2D eigenvalue weighted by atomic mass is 32.2. The molecule has 2 aromatic carbocycles. The zero-order chi connectivity index (χ0) is 22.3. The van der Waals surface area contributed by atoms with E-state index in [9.17, 15) is 13.2 Å². The first-order valence-corrected chi connectivity index (χ1v) is 12.1. The Kier molecular flexibility index (Phi) is 7.92. The van der Waals surface area contributed by atoms with Crippen LogP contribution in [0.3, 0.4) is 0 Å². The zero-order valence-electron chi connectivity index (χ0n) is 18.1. The highest BCUT2D eigenvalue weighted by Gasteiger charge is 2.26. The van der Waals surface area contributed by atoms with E-state index in [1.165, 1.54) is 7.11 Å². The van der Waals surface area contributed by atoms with Crippen LogP contribution < -0.4 is 14.8 Å². The van der Waals surface area contributed by atoms with Crippen LogP contribution in [0.4, 0.5) is 5.69 Å². The second kappa shape index (κ2) is 10.6. The second-order valence-electron chi connectivity index (χ2n) is 7.42. The lowest BCUT2D eigenvalue weighted by Crippen LogP contribution is -2.35. The fourth-order valence-corrected chi connectivity index (χ4v) is 5.25. The van der Waals surface area contributed by atoms with Crippen molar-refractivity contribution in [2.24, 2.45) is 0 Å². The average Bonchev–Trinajstić information content (AvgIpc) is 2.79. The molecule has 1 fully saturated rings. The number of nitrogens with zero attached hydrogens (tertiary/aromatic N) is 1. The summed E-state index contributed by atoms with van der Waals surface area (Å²) >= 11 is 0. The molecule has 0 aromatic heterocycles. The van der Waals surface area contributed by atoms with Gasteiger partial charge in [0.25, 0.3) is 0 Å². The number of ether oxygens (including phenoxy) is 2. The number of aryl methyl sites for hydroxylation is 1.